The van der Waals surface area contributed by atoms with Crippen LogP contribution in [-0.4, -0.2) is 49.5 Å². The van der Waals surface area contributed by atoms with Gasteiger partial charge >= 0.3 is 0 Å². The number of rotatable bonds is 8. The van der Waals surface area contributed by atoms with Gasteiger partial charge in [-0.3, -0.25) is 9.59 Å². The number of carbonyl (C=O) groups excluding carboxylic acids is 2. The van der Waals surface area contributed by atoms with Gasteiger partial charge in [0.05, 0.1) is 0 Å². The van der Waals surface area contributed by atoms with E-state index < -0.39 is 0 Å². The van der Waals surface area contributed by atoms with Gasteiger partial charge in [0.25, 0.3) is 5.91 Å². The van der Waals surface area contributed by atoms with Crippen molar-refractivity contribution in [3.8, 4) is 5.75 Å². The van der Waals surface area contributed by atoms with E-state index in [1.807, 2.05) is 55.1 Å². The molecule has 2 amide bonds. The zero-order chi connectivity index (χ0) is 23.1. The van der Waals surface area contributed by atoms with Crippen LogP contribution in [0.25, 0.3) is 0 Å². The lowest BCUT2D eigenvalue weighted by Gasteiger charge is -2.37. The predicted molar refractivity (Wildman–Crippen MR) is 129 cm³/mol. The smallest absolute Gasteiger partial charge is 0.262 e. The Bertz CT molecular complexity index is 886. The van der Waals surface area contributed by atoms with E-state index in [-0.39, 0.29) is 24.3 Å². The third kappa shape index (κ3) is 6.25. The highest BCUT2D eigenvalue weighted by molar-refractivity contribution is 5.92. The molecule has 2 aromatic rings. The van der Waals surface area contributed by atoms with Crippen molar-refractivity contribution in [3.05, 3.63) is 54.1 Å². The third-order valence-electron chi connectivity index (χ3n) is 6.03. The van der Waals surface area contributed by atoms with Crippen molar-refractivity contribution in [2.24, 2.45) is 5.92 Å². The molecule has 6 heteroatoms. The Labute approximate surface area is 191 Å². The van der Waals surface area contributed by atoms with E-state index in [9.17, 15) is 9.59 Å². The van der Waals surface area contributed by atoms with Crippen molar-refractivity contribution in [2.45, 2.75) is 40.0 Å². The van der Waals surface area contributed by atoms with Crippen molar-refractivity contribution < 1.29 is 14.3 Å². The van der Waals surface area contributed by atoms with Gasteiger partial charge in [0.1, 0.15) is 5.75 Å². The normalized spacial score (nSPS) is 14.9. The summed E-state index contributed by atoms with van der Waals surface area (Å²) in [5.41, 5.74) is 3.11. The zero-order valence-electron chi connectivity index (χ0n) is 19.6. The van der Waals surface area contributed by atoms with Gasteiger partial charge in [-0.05, 0) is 54.3 Å². The van der Waals surface area contributed by atoms with Crippen LogP contribution in [0.2, 0.25) is 0 Å². The van der Waals surface area contributed by atoms with Crippen LogP contribution in [0.15, 0.2) is 48.5 Å². The summed E-state index contributed by atoms with van der Waals surface area (Å²) < 4.78 is 5.62. The molecule has 1 atom stereocenters. The molecule has 1 aliphatic rings. The molecule has 32 heavy (non-hydrogen) atoms. The van der Waals surface area contributed by atoms with Gasteiger partial charge < -0.3 is 19.9 Å². The Morgan fingerprint density at radius 3 is 2.12 bits per heavy atom. The lowest BCUT2D eigenvalue weighted by molar-refractivity contribution is -0.134. The van der Waals surface area contributed by atoms with Crippen LogP contribution in [-0.2, 0) is 9.59 Å². The first-order chi connectivity index (χ1) is 15.4. The van der Waals surface area contributed by atoms with Gasteiger partial charge in [-0.1, -0.05) is 39.8 Å². The summed E-state index contributed by atoms with van der Waals surface area (Å²) in [4.78, 5) is 28.6. The number of carbonyl (C=O) groups is 2. The number of anilines is 2. The molecule has 1 heterocycles. The molecular weight excluding hydrogens is 402 g/mol. The molecule has 0 bridgehead atoms. The highest BCUT2D eigenvalue weighted by atomic mass is 16.5. The van der Waals surface area contributed by atoms with Gasteiger partial charge in [-0.15, -0.1) is 0 Å². The summed E-state index contributed by atoms with van der Waals surface area (Å²) in [5.74, 6) is 1.28. The van der Waals surface area contributed by atoms with Gasteiger partial charge in [0.2, 0.25) is 5.91 Å². The van der Waals surface area contributed by atoms with Crippen molar-refractivity contribution in [1.82, 2.24) is 4.90 Å². The molecule has 0 aliphatic carbocycles. The molecular formula is C26H35N3O3. The lowest BCUT2D eigenvalue weighted by atomic mass is 9.99. The predicted octanol–water partition coefficient (Wildman–Crippen LogP) is 4.52. The number of nitrogens with zero attached hydrogens (tertiary/aromatic N) is 2. The van der Waals surface area contributed by atoms with Crippen molar-refractivity contribution in [1.29, 1.82) is 0 Å². The average molecular weight is 438 g/mol. The molecule has 0 aromatic heterocycles. The summed E-state index contributed by atoms with van der Waals surface area (Å²) >= 11 is 0. The lowest BCUT2D eigenvalue weighted by Crippen LogP contribution is -2.49. The minimum atomic E-state index is -0.190. The summed E-state index contributed by atoms with van der Waals surface area (Å²) in [6.07, 6.45) is 1.09. The van der Waals surface area contributed by atoms with Crippen LogP contribution in [0.4, 0.5) is 11.4 Å². The topological polar surface area (TPSA) is 61.9 Å². The largest absolute Gasteiger partial charge is 0.484 e. The van der Waals surface area contributed by atoms with Gasteiger partial charge in [-0.25, -0.2) is 0 Å². The summed E-state index contributed by atoms with van der Waals surface area (Å²) in [6.45, 7) is 11.3. The van der Waals surface area contributed by atoms with E-state index in [1.165, 1.54) is 5.56 Å². The second kappa shape index (κ2) is 11.0. The number of piperazine rings is 1. The fraction of sp³-hybridized carbons (Fsp3) is 0.462. The Kier molecular flexibility index (Phi) is 8.14. The Balaban J connectivity index is 1.45. The monoisotopic (exact) mass is 437 g/mol. The molecule has 6 nitrogen and oxygen atoms in total. The molecule has 1 aliphatic heterocycles. The van der Waals surface area contributed by atoms with E-state index in [1.54, 1.807) is 0 Å². The molecule has 0 saturated carbocycles. The van der Waals surface area contributed by atoms with Crippen molar-refractivity contribution >= 4 is 23.2 Å². The molecule has 2 aromatic carbocycles. The zero-order valence-corrected chi connectivity index (χ0v) is 19.6. The molecule has 172 valence electrons. The van der Waals surface area contributed by atoms with Crippen LogP contribution in [0.3, 0.4) is 0 Å². The first-order valence-electron chi connectivity index (χ1n) is 11.5. The maximum Gasteiger partial charge on any atom is 0.262 e. The standard InChI is InChI=1S/C26H35N3O3/c1-5-20(4)21-6-12-24(13-7-21)32-18-25(30)27-22-8-10-23(11-9-22)28-14-16-29(17-15-28)26(31)19(2)3/h6-13,19-20H,5,14-18H2,1-4H3,(H,27,30)/t20-/m0/s1. The van der Waals surface area contributed by atoms with Crippen LogP contribution in [0.1, 0.15) is 45.6 Å². The van der Waals surface area contributed by atoms with Crippen LogP contribution >= 0.6 is 0 Å². The van der Waals surface area contributed by atoms with Crippen LogP contribution in [0.5, 0.6) is 5.75 Å². The summed E-state index contributed by atoms with van der Waals surface area (Å²) in [6, 6.07) is 15.8. The summed E-state index contributed by atoms with van der Waals surface area (Å²) in [7, 11) is 0. The molecule has 1 fully saturated rings. The molecule has 0 unspecified atom stereocenters. The van der Waals surface area contributed by atoms with Gasteiger partial charge in [-0.2, -0.15) is 0 Å². The SMILES string of the molecule is CC[C@H](C)c1ccc(OCC(=O)Nc2ccc(N3CCN(C(=O)C(C)C)CC3)cc2)cc1. The highest BCUT2D eigenvalue weighted by Gasteiger charge is 2.22. The first kappa shape index (κ1) is 23.6. The van der Waals surface area contributed by atoms with E-state index >= 15 is 0 Å². The number of ether oxygens (including phenoxy) is 1. The second-order valence-corrected chi connectivity index (χ2v) is 8.73. The Morgan fingerprint density at radius 2 is 1.56 bits per heavy atom. The maximum atomic E-state index is 12.3. The Morgan fingerprint density at radius 1 is 0.938 bits per heavy atom. The van der Waals surface area contributed by atoms with E-state index in [0.29, 0.717) is 11.7 Å². The third-order valence-corrected chi connectivity index (χ3v) is 6.03. The van der Waals surface area contributed by atoms with E-state index in [0.717, 1.165) is 44.0 Å². The van der Waals surface area contributed by atoms with Crippen LogP contribution in [0, 0.1) is 5.92 Å². The van der Waals surface area contributed by atoms with Gasteiger partial charge in [0, 0.05) is 43.5 Å². The molecule has 3 rings (SSSR count). The van der Waals surface area contributed by atoms with Crippen LogP contribution < -0.4 is 15.0 Å². The number of nitrogens with one attached hydrogen (secondary N) is 1. The minimum Gasteiger partial charge on any atom is -0.484 e. The molecule has 1 saturated heterocycles. The summed E-state index contributed by atoms with van der Waals surface area (Å²) in [5, 5.41) is 2.88. The molecule has 0 radical (unpaired) electrons. The van der Waals surface area contributed by atoms with Crippen molar-refractivity contribution in [3.63, 3.8) is 0 Å². The van der Waals surface area contributed by atoms with Gasteiger partial charge in [0.15, 0.2) is 6.61 Å². The van der Waals surface area contributed by atoms with E-state index in [2.05, 4.69) is 36.2 Å². The molecule has 1 N–H and O–H groups in total. The quantitative estimate of drug-likeness (QED) is 0.659. The number of hydrogen-bond donors (Lipinski definition) is 1. The number of amides is 2. The first-order valence-corrected chi connectivity index (χ1v) is 11.5. The van der Waals surface area contributed by atoms with E-state index in [4.69, 9.17) is 4.74 Å². The fourth-order valence-electron chi connectivity index (χ4n) is 3.78. The van der Waals surface area contributed by atoms with Crippen molar-refractivity contribution in [2.75, 3.05) is 43.0 Å². The second-order valence-electron chi connectivity index (χ2n) is 8.73. The number of benzene rings is 2. The number of hydrogen-bond acceptors (Lipinski definition) is 4. The Hall–Kier alpha value is -3.02. The maximum absolute atomic E-state index is 12.3. The average Bonchev–Trinajstić information content (AvgIpc) is 2.82. The highest BCUT2D eigenvalue weighted by Crippen LogP contribution is 2.22. The minimum absolute atomic E-state index is 0.0315. The molecule has 0 spiro atoms. The fourth-order valence-corrected chi connectivity index (χ4v) is 3.78.